The third-order valence-electron chi connectivity index (χ3n) is 2.35. The van der Waals surface area contributed by atoms with Gasteiger partial charge < -0.3 is 4.81 Å². The van der Waals surface area contributed by atoms with Gasteiger partial charge in [-0.15, -0.1) is 0 Å². The van der Waals surface area contributed by atoms with Crippen LogP contribution < -0.4 is 4.72 Å². The van der Waals surface area contributed by atoms with Gasteiger partial charge in [0.05, 0.1) is 5.75 Å². The Morgan fingerprint density at radius 3 is 2.50 bits per heavy atom. The Morgan fingerprint density at radius 1 is 1.43 bits per heavy atom. The minimum Gasteiger partial charge on any atom is -0.353 e. The lowest BCUT2D eigenvalue weighted by Crippen LogP contribution is -2.44. The topological polar surface area (TPSA) is 49.4 Å². The molecule has 0 aromatic heterocycles. The highest BCUT2D eigenvalue weighted by Crippen LogP contribution is 2.09. The molecule has 0 amide bonds. The highest BCUT2D eigenvalue weighted by molar-refractivity contribution is 7.89. The Labute approximate surface area is 87.5 Å². The second kappa shape index (κ2) is 5.14. The molecule has 1 aliphatic rings. The van der Waals surface area contributed by atoms with Crippen LogP contribution in [0.5, 0.6) is 0 Å². The number of sulfonamides is 1. The van der Waals surface area contributed by atoms with Gasteiger partial charge in [0.25, 0.3) is 0 Å². The summed E-state index contributed by atoms with van der Waals surface area (Å²) in [4.78, 5) is 1.73. The van der Waals surface area contributed by atoms with Gasteiger partial charge in [-0.2, -0.15) is 0 Å². The van der Waals surface area contributed by atoms with Crippen molar-refractivity contribution < 1.29 is 8.42 Å². The number of nitrogens with one attached hydrogen (secondary N) is 1. The summed E-state index contributed by atoms with van der Waals surface area (Å²) in [6.07, 6.45) is 2.27. The van der Waals surface area contributed by atoms with Crippen LogP contribution in [-0.2, 0) is 10.0 Å². The van der Waals surface area contributed by atoms with Gasteiger partial charge >= 0.3 is 0 Å². The third kappa shape index (κ3) is 3.98. The molecule has 14 heavy (non-hydrogen) atoms. The summed E-state index contributed by atoms with van der Waals surface area (Å²) >= 11 is 0. The monoisotopic (exact) mass is 216 g/mol. The van der Waals surface area contributed by atoms with Crippen molar-refractivity contribution in [3.05, 3.63) is 0 Å². The SMILES string of the molecule is [B]N1CCC(NS(=O)(=O)CCC)CC1. The number of piperidine rings is 1. The first kappa shape index (κ1) is 12.0. The first-order valence-corrected chi connectivity index (χ1v) is 6.68. The number of hydrogen-bond donors (Lipinski definition) is 1. The van der Waals surface area contributed by atoms with E-state index in [0.29, 0.717) is 6.42 Å². The highest BCUT2D eigenvalue weighted by Gasteiger charge is 2.20. The maximum absolute atomic E-state index is 11.4. The average molecular weight is 216 g/mol. The average Bonchev–Trinajstić information content (AvgIpc) is 2.08. The van der Waals surface area contributed by atoms with Gasteiger partial charge in [-0.25, -0.2) is 13.1 Å². The van der Waals surface area contributed by atoms with Gasteiger partial charge in [-0.3, -0.25) is 0 Å². The van der Waals surface area contributed by atoms with Gasteiger partial charge in [0.1, 0.15) is 0 Å². The molecule has 0 unspecified atom stereocenters. The molecule has 0 saturated carbocycles. The summed E-state index contributed by atoms with van der Waals surface area (Å²) in [6.45, 7) is 3.39. The van der Waals surface area contributed by atoms with E-state index in [9.17, 15) is 8.42 Å². The van der Waals surface area contributed by atoms with Crippen LogP contribution in [0.1, 0.15) is 26.2 Å². The van der Waals surface area contributed by atoms with Gasteiger partial charge in [-0.1, -0.05) is 6.92 Å². The molecular formula is C8H17BN2O2S. The van der Waals surface area contributed by atoms with E-state index in [1.54, 1.807) is 4.81 Å². The normalized spacial score (nSPS) is 21.2. The summed E-state index contributed by atoms with van der Waals surface area (Å²) in [6, 6.07) is 0.0753. The predicted molar refractivity (Wildman–Crippen MR) is 57.6 cm³/mol. The maximum atomic E-state index is 11.4. The summed E-state index contributed by atoms with van der Waals surface area (Å²) in [7, 11) is 2.52. The molecule has 1 rings (SSSR count). The molecule has 4 nitrogen and oxygen atoms in total. The zero-order chi connectivity index (χ0) is 10.6. The molecule has 2 radical (unpaired) electrons. The van der Waals surface area contributed by atoms with Crippen LogP contribution in [-0.4, -0.2) is 46.1 Å². The molecule has 6 heteroatoms. The van der Waals surface area contributed by atoms with E-state index in [4.69, 9.17) is 7.98 Å². The van der Waals surface area contributed by atoms with Crippen molar-refractivity contribution in [3.63, 3.8) is 0 Å². The van der Waals surface area contributed by atoms with Crippen molar-refractivity contribution in [1.29, 1.82) is 0 Å². The van der Waals surface area contributed by atoms with Crippen LogP contribution >= 0.6 is 0 Å². The summed E-state index contributed by atoms with van der Waals surface area (Å²) in [5.41, 5.74) is 0. The van der Waals surface area contributed by atoms with Gasteiger partial charge in [-0.05, 0) is 32.4 Å². The van der Waals surface area contributed by atoms with Crippen LogP contribution in [0.4, 0.5) is 0 Å². The lowest BCUT2D eigenvalue weighted by atomic mass is 10.0. The van der Waals surface area contributed by atoms with Gasteiger partial charge in [0.2, 0.25) is 10.0 Å². The Kier molecular flexibility index (Phi) is 4.41. The van der Waals surface area contributed by atoms with Crippen molar-refractivity contribution in [1.82, 2.24) is 9.53 Å². The number of hydrogen-bond acceptors (Lipinski definition) is 3. The van der Waals surface area contributed by atoms with Crippen LogP contribution in [0.3, 0.4) is 0 Å². The van der Waals surface area contributed by atoms with E-state index in [0.717, 1.165) is 25.9 Å². The van der Waals surface area contributed by atoms with E-state index in [1.165, 1.54) is 0 Å². The molecule has 1 aliphatic heterocycles. The Hall–Kier alpha value is -0.0651. The van der Waals surface area contributed by atoms with Crippen LogP contribution in [0, 0.1) is 0 Å². The zero-order valence-corrected chi connectivity index (χ0v) is 9.39. The largest absolute Gasteiger partial charge is 0.353 e. The Balaban J connectivity index is 2.37. The smallest absolute Gasteiger partial charge is 0.211 e. The van der Waals surface area contributed by atoms with Crippen LogP contribution in [0.25, 0.3) is 0 Å². The first-order valence-electron chi connectivity index (χ1n) is 5.03. The maximum Gasteiger partial charge on any atom is 0.211 e. The minimum atomic E-state index is -3.06. The molecular weight excluding hydrogens is 199 g/mol. The van der Waals surface area contributed by atoms with Crippen molar-refractivity contribution in [2.24, 2.45) is 0 Å². The fourth-order valence-electron chi connectivity index (χ4n) is 1.60. The molecule has 1 N–H and O–H groups in total. The fraction of sp³-hybridized carbons (Fsp3) is 1.00. The predicted octanol–water partition coefficient (Wildman–Crippen LogP) is -0.136. The standard InChI is InChI=1S/C8H17BN2O2S/c1-2-7-14(12,13)10-8-3-5-11(9)6-4-8/h8,10H,2-7H2,1H3. The van der Waals surface area contributed by atoms with E-state index in [-0.39, 0.29) is 11.8 Å². The van der Waals surface area contributed by atoms with E-state index < -0.39 is 10.0 Å². The lowest BCUT2D eigenvalue weighted by Gasteiger charge is -2.29. The Bertz CT molecular complexity index is 261. The summed E-state index contributed by atoms with van der Waals surface area (Å²) in [5.74, 6) is 0.218. The fourth-order valence-corrected chi connectivity index (χ4v) is 3.00. The van der Waals surface area contributed by atoms with Crippen LogP contribution in [0.2, 0.25) is 0 Å². The zero-order valence-electron chi connectivity index (χ0n) is 8.57. The van der Waals surface area contributed by atoms with Crippen molar-refractivity contribution in [3.8, 4) is 0 Å². The molecule has 0 bridgehead atoms. The molecule has 0 aromatic rings. The Morgan fingerprint density at radius 2 is 2.00 bits per heavy atom. The summed E-state index contributed by atoms with van der Waals surface area (Å²) < 4.78 is 25.6. The lowest BCUT2D eigenvalue weighted by molar-refractivity contribution is 0.321. The molecule has 0 aliphatic carbocycles. The highest BCUT2D eigenvalue weighted by atomic mass is 32.2. The minimum absolute atomic E-state index is 0.0753. The van der Waals surface area contributed by atoms with Gasteiger partial charge in [0, 0.05) is 6.04 Å². The molecule has 1 fully saturated rings. The third-order valence-corrected chi connectivity index (χ3v) is 3.99. The van der Waals surface area contributed by atoms with E-state index in [1.807, 2.05) is 6.92 Å². The molecule has 1 heterocycles. The van der Waals surface area contributed by atoms with Crippen molar-refractivity contribution in [2.45, 2.75) is 32.2 Å². The summed E-state index contributed by atoms with van der Waals surface area (Å²) in [5, 5.41) is 0. The second-order valence-electron chi connectivity index (χ2n) is 3.75. The van der Waals surface area contributed by atoms with E-state index in [2.05, 4.69) is 4.72 Å². The molecule has 1 saturated heterocycles. The van der Waals surface area contributed by atoms with Crippen molar-refractivity contribution in [2.75, 3.05) is 18.8 Å². The number of nitrogens with zero attached hydrogens (tertiary/aromatic N) is 1. The molecule has 0 atom stereocenters. The first-order chi connectivity index (χ1) is 6.53. The molecule has 0 aromatic carbocycles. The molecule has 80 valence electrons. The van der Waals surface area contributed by atoms with Gasteiger partial charge in [0.15, 0.2) is 7.98 Å². The number of rotatable bonds is 4. The van der Waals surface area contributed by atoms with Crippen LogP contribution in [0.15, 0.2) is 0 Å². The van der Waals surface area contributed by atoms with Crippen molar-refractivity contribution >= 4 is 18.0 Å². The second-order valence-corrected chi connectivity index (χ2v) is 5.62. The van der Waals surface area contributed by atoms with E-state index >= 15 is 0 Å². The quantitative estimate of drug-likeness (QED) is 0.665. The molecule has 0 spiro atoms.